The van der Waals surface area contributed by atoms with Crippen LogP contribution in [0.4, 0.5) is 10.2 Å². The minimum Gasteiger partial charge on any atom is -0.618 e. The Labute approximate surface area is 222 Å². The number of benzene rings is 1. The molecule has 6 rings (SSSR count). The fourth-order valence-corrected chi connectivity index (χ4v) is 4.90. The number of nitrogens with two attached hydrogens (primary N) is 1. The van der Waals surface area contributed by atoms with Crippen molar-refractivity contribution in [2.24, 2.45) is 5.92 Å². The number of hydrogen-bond donors (Lipinski definition) is 1. The van der Waals surface area contributed by atoms with Crippen LogP contribution in [-0.4, -0.2) is 35.0 Å². The number of hydrogen-bond acceptors (Lipinski definition) is 7. The maximum absolute atomic E-state index is 15.2. The Morgan fingerprint density at radius 3 is 2.74 bits per heavy atom. The minimum atomic E-state index is -0.661. The van der Waals surface area contributed by atoms with Crippen molar-refractivity contribution in [1.82, 2.24) is 35.0 Å². The van der Waals surface area contributed by atoms with Crippen molar-refractivity contribution in [2.45, 2.75) is 32.2 Å². The summed E-state index contributed by atoms with van der Waals surface area (Å²) in [6.07, 6.45) is 9.40. The van der Waals surface area contributed by atoms with Gasteiger partial charge in [0, 0.05) is 29.1 Å². The van der Waals surface area contributed by atoms with Gasteiger partial charge < -0.3 is 10.9 Å². The number of tetrazole rings is 1. The summed E-state index contributed by atoms with van der Waals surface area (Å²) in [6, 6.07) is 9.84. The lowest BCUT2D eigenvalue weighted by Crippen LogP contribution is -2.35. The number of aromatic nitrogens is 8. The summed E-state index contributed by atoms with van der Waals surface area (Å²) in [5.74, 6) is 0.312. The molecule has 1 atom stereocenters. The molecule has 10 nitrogen and oxygen atoms in total. The summed E-state index contributed by atoms with van der Waals surface area (Å²) < 4.78 is 19.2. The lowest BCUT2D eigenvalue weighted by Gasteiger charge is -2.18. The quantitative estimate of drug-likeness (QED) is 0.245. The highest BCUT2D eigenvalue weighted by atomic mass is 35.5. The summed E-state index contributed by atoms with van der Waals surface area (Å²) in [7, 11) is 0. The van der Waals surface area contributed by atoms with Gasteiger partial charge in [0.05, 0.1) is 28.0 Å². The van der Waals surface area contributed by atoms with Crippen molar-refractivity contribution in [2.75, 3.05) is 5.73 Å². The molecule has 2 N–H and O–H groups in total. The zero-order valence-corrected chi connectivity index (χ0v) is 21.1. The van der Waals surface area contributed by atoms with Crippen molar-refractivity contribution in [3.63, 3.8) is 0 Å². The molecule has 0 saturated heterocycles. The standard InChI is InChI=1S/C26H23ClFN9O/c1-15-19(5-9-24(29)32-15)18-11-31-35(12-18)23(10-16-2-3-16)21-7-4-17(13-37(21)38)25-22(36-14-30-33-34-36)8-6-20(27)26(25)28/h4-9,11-14,16,23H,2-3,10H2,1H3,(H2,29,32)/t23-/m1/s1. The van der Waals surface area contributed by atoms with Crippen LogP contribution in [0.5, 0.6) is 0 Å². The summed E-state index contributed by atoms with van der Waals surface area (Å²) in [5, 5.41) is 29.1. The van der Waals surface area contributed by atoms with Gasteiger partial charge in [-0.1, -0.05) is 24.4 Å². The van der Waals surface area contributed by atoms with Gasteiger partial charge in [0.25, 0.3) is 0 Å². The maximum Gasteiger partial charge on any atom is 0.217 e. The third kappa shape index (κ3) is 4.45. The number of nitrogens with zero attached hydrogens (tertiary/aromatic N) is 8. The molecular formula is C26H23ClFN9O. The smallest absolute Gasteiger partial charge is 0.217 e. The van der Waals surface area contributed by atoms with Gasteiger partial charge in [-0.15, -0.1) is 5.10 Å². The normalized spacial score (nSPS) is 14.1. The first kappa shape index (κ1) is 24.0. The van der Waals surface area contributed by atoms with Crippen LogP contribution in [0.3, 0.4) is 0 Å². The van der Waals surface area contributed by atoms with Crippen LogP contribution in [0, 0.1) is 23.9 Å². The highest BCUT2D eigenvalue weighted by Crippen LogP contribution is 2.39. The topological polar surface area (TPSA) is 127 Å². The van der Waals surface area contributed by atoms with Gasteiger partial charge >= 0.3 is 0 Å². The zero-order chi connectivity index (χ0) is 26.4. The van der Waals surface area contributed by atoms with Crippen molar-refractivity contribution in [1.29, 1.82) is 0 Å². The van der Waals surface area contributed by atoms with E-state index in [9.17, 15) is 5.21 Å². The molecule has 0 bridgehead atoms. The average molecular weight is 532 g/mol. The number of rotatable bonds is 7. The molecule has 4 aromatic heterocycles. The molecule has 12 heteroatoms. The first-order chi connectivity index (χ1) is 18.4. The van der Waals surface area contributed by atoms with Crippen molar-refractivity contribution in [3.05, 3.63) is 88.8 Å². The largest absolute Gasteiger partial charge is 0.618 e. The third-order valence-corrected chi connectivity index (χ3v) is 7.13. The van der Waals surface area contributed by atoms with E-state index in [0.29, 0.717) is 28.7 Å². The monoisotopic (exact) mass is 531 g/mol. The summed E-state index contributed by atoms with van der Waals surface area (Å²) in [4.78, 5) is 4.34. The predicted molar refractivity (Wildman–Crippen MR) is 139 cm³/mol. The van der Waals surface area contributed by atoms with Gasteiger partial charge in [0.15, 0.2) is 12.0 Å². The van der Waals surface area contributed by atoms with Crippen molar-refractivity contribution >= 4 is 17.4 Å². The first-order valence-corrected chi connectivity index (χ1v) is 12.5. The van der Waals surface area contributed by atoms with E-state index in [1.54, 1.807) is 30.5 Å². The van der Waals surface area contributed by atoms with E-state index >= 15 is 4.39 Å². The first-order valence-electron chi connectivity index (χ1n) is 12.1. The molecule has 0 spiro atoms. The highest BCUT2D eigenvalue weighted by Gasteiger charge is 2.32. The molecule has 1 fully saturated rings. The van der Waals surface area contributed by atoms with Gasteiger partial charge in [-0.2, -0.15) is 14.5 Å². The average Bonchev–Trinajstić information content (AvgIpc) is 3.33. The van der Waals surface area contributed by atoms with E-state index in [-0.39, 0.29) is 16.6 Å². The van der Waals surface area contributed by atoms with Gasteiger partial charge in [-0.25, -0.2) is 9.37 Å². The number of pyridine rings is 2. The Hall–Kier alpha value is -4.38. The second-order valence-electron chi connectivity index (χ2n) is 9.45. The van der Waals surface area contributed by atoms with E-state index in [0.717, 1.165) is 40.8 Å². The molecule has 192 valence electrons. The van der Waals surface area contributed by atoms with Crippen LogP contribution in [0.2, 0.25) is 5.02 Å². The van der Waals surface area contributed by atoms with Crippen LogP contribution in [-0.2, 0) is 0 Å². The van der Waals surface area contributed by atoms with Gasteiger partial charge in [0.1, 0.15) is 18.2 Å². The predicted octanol–water partition coefficient (Wildman–Crippen LogP) is 4.29. The Morgan fingerprint density at radius 1 is 1.18 bits per heavy atom. The lowest BCUT2D eigenvalue weighted by molar-refractivity contribution is -0.615. The second kappa shape index (κ2) is 9.49. The highest BCUT2D eigenvalue weighted by molar-refractivity contribution is 6.31. The molecular weight excluding hydrogens is 509 g/mol. The third-order valence-electron chi connectivity index (χ3n) is 6.84. The molecule has 1 aliphatic rings. The van der Waals surface area contributed by atoms with Crippen molar-refractivity contribution < 1.29 is 9.12 Å². The van der Waals surface area contributed by atoms with Crippen LogP contribution >= 0.6 is 11.6 Å². The summed E-state index contributed by atoms with van der Waals surface area (Å²) >= 11 is 6.09. The van der Waals surface area contributed by atoms with Crippen molar-refractivity contribution in [3.8, 4) is 27.9 Å². The minimum absolute atomic E-state index is 0.0681. The molecule has 4 heterocycles. The number of halogens is 2. The van der Waals surface area contributed by atoms with Crippen LogP contribution in [0.1, 0.15) is 36.7 Å². The Kier molecular flexibility index (Phi) is 5.99. The molecule has 0 aliphatic heterocycles. The molecule has 0 radical (unpaired) electrons. The van der Waals surface area contributed by atoms with Crippen LogP contribution in [0.15, 0.2) is 61.3 Å². The fourth-order valence-electron chi connectivity index (χ4n) is 4.74. The molecule has 1 saturated carbocycles. The molecule has 5 aromatic rings. The number of anilines is 1. The molecule has 0 unspecified atom stereocenters. The Balaban J connectivity index is 1.40. The number of aryl methyl sites for hydroxylation is 1. The zero-order valence-electron chi connectivity index (χ0n) is 20.4. The fraction of sp³-hybridized carbons (Fsp3) is 0.231. The van der Waals surface area contributed by atoms with Crippen LogP contribution < -0.4 is 10.5 Å². The summed E-state index contributed by atoms with van der Waals surface area (Å²) in [6.45, 7) is 1.90. The molecule has 1 aromatic carbocycles. The van der Waals surface area contributed by atoms with E-state index < -0.39 is 5.82 Å². The van der Waals surface area contributed by atoms with E-state index in [4.69, 9.17) is 17.3 Å². The van der Waals surface area contributed by atoms with E-state index in [1.165, 1.54) is 23.3 Å². The van der Waals surface area contributed by atoms with Gasteiger partial charge in [-0.05, 0) is 60.0 Å². The summed E-state index contributed by atoms with van der Waals surface area (Å²) in [5.41, 5.74) is 9.78. The molecule has 38 heavy (non-hydrogen) atoms. The van der Waals surface area contributed by atoms with E-state index in [2.05, 4.69) is 25.6 Å². The molecule has 0 amide bonds. The molecule has 1 aliphatic carbocycles. The Morgan fingerprint density at radius 2 is 2.03 bits per heavy atom. The SMILES string of the molecule is Cc1nc(N)ccc1-c1cnn([C@H](CC2CC2)c2ccc(-c3c(-n4cnnn4)ccc(Cl)c3F)c[n+]2[O-])c1. The maximum atomic E-state index is 15.2. The second-order valence-corrected chi connectivity index (χ2v) is 9.86. The Bertz CT molecular complexity index is 1630. The van der Waals surface area contributed by atoms with E-state index in [1.807, 2.05) is 23.9 Å². The number of nitrogen functional groups attached to an aromatic ring is 1. The van der Waals surface area contributed by atoms with Gasteiger partial charge in [0.2, 0.25) is 5.69 Å². The van der Waals surface area contributed by atoms with Gasteiger partial charge in [-0.3, -0.25) is 4.68 Å². The lowest BCUT2D eigenvalue weighted by atomic mass is 10.0. The van der Waals surface area contributed by atoms with Crippen LogP contribution in [0.25, 0.3) is 27.9 Å².